The maximum absolute atomic E-state index is 11.9. The molecule has 0 spiro atoms. The first-order chi connectivity index (χ1) is 8.59. The molecule has 100 valence electrons. The summed E-state index contributed by atoms with van der Waals surface area (Å²) in [7, 11) is 1.71. The molecule has 1 aromatic rings. The molecule has 1 aliphatic carbocycles. The van der Waals surface area contributed by atoms with E-state index in [1.807, 2.05) is 0 Å². The second kappa shape index (κ2) is 5.42. The van der Waals surface area contributed by atoms with E-state index in [4.69, 9.17) is 10.5 Å². The van der Waals surface area contributed by atoms with Gasteiger partial charge in [-0.05, 0) is 19.3 Å². The molecule has 0 bridgehead atoms. The van der Waals surface area contributed by atoms with Gasteiger partial charge in [-0.1, -0.05) is 25.7 Å². The first-order valence-corrected chi connectivity index (χ1v) is 6.55. The van der Waals surface area contributed by atoms with Crippen LogP contribution in [-0.4, -0.2) is 22.4 Å². The van der Waals surface area contributed by atoms with Crippen LogP contribution in [-0.2, 0) is 11.8 Å². The molecule has 18 heavy (non-hydrogen) atoms. The van der Waals surface area contributed by atoms with Crippen molar-refractivity contribution in [3.8, 4) is 0 Å². The van der Waals surface area contributed by atoms with Gasteiger partial charge in [-0.25, -0.2) is 4.79 Å². The number of nitrogens with zero attached hydrogens (tertiary/aromatic N) is 2. The monoisotopic (exact) mass is 251 g/mol. The Bertz CT molecular complexity index is 434. The number of nitrogens with two attached hydrogens (primary N) is 1. The number of carbonyl (C=O) groups excluding carboxylic acids is 1. The maximum atomic E-state index is 11.9. The van der Waals surface area contributed by atoms with Gasteiger partial charge >= 0.3 is 5.97 Å². The highest BCUT2D eigenvalue weighted by Gasteiger charge is 2.20. The normalized spacial score (nSPS) is 16.1. The van der Waals surface area contributed by atoms with Crippen LogP contribution in [0.5, 0.6) is 0 Å². The lowest BCUT2D eigenvalue weighted by molar-refractivity contribution is 0.0472. The van der Waals surface area contributed by atoms with Crippen molar-refractivity contribution in [1.29, 1.82) is 0 Å². The molecule has 0 radical (unpaired) electrons. The minimum Gasteiger partial charge on any atom is -0.461 e. The third-order valence-electron chi connectivity index (χ3n) is 3.70. The second-order valence-electron chi connectivity index (χ2n) is 5.05. The number of anilines is 1. The third kappa shape index (κ3) is 2.66. The van der Waals surface area contributed by atoms with Crippen LogP contribution < -0.4 is 5.73 Å². The van der Waals surface area contributed by atoms with E-state index >= 15 is 0 Å². The predicted molar refractivity (Wildman–Crippen MR) is 69.2 cm³/mol. The van der Waals surface area contributed by atoms with E-state index in [-0.39, 0.29) is 5.97 Å². The number of esters is 1. The van der Waals surface area contributed by atoms with Gasteiger partial charge in [-0.3, -0.25) is 4.68 Å². The summed E-state index contributed by atoms with van der Waals surface area (Å²) in [5.41, 5.74) is 7.26. The number of aromatic nitrogens is 2. The molecule has 1 fully saturated rings. The molecule has 0 aromatic carbocycles. The number of rotatable bonds is 4. The zero-order valence-electron chi connectivity index (χ0n) is 11.1. The molecule has 1 aliphatic rings. The summed E-state index contributed by atoms with van der Waals surface area (Å²) in [6, 6.07) is 0. The van der Waals surface area contributed by atoms with Gasteiger partial charge in [0.25, 0.3) is 0 Å². The largest absolute Gasteiger partial charge is 0.461 e. The van der Waals surface area contributed by atoms with E-state index in [1.54, 1.807) is 14.0 Å². The van der Waals surface area contributed by atoms with Crippen molar-refractivity contribution in [2.75, 3.05) is 12.3 Å². The van der Waals surface area contributed by atoms with Gasteiger partial charge in [0.2, 0.25) is 0 Å². The summed E-state index contributed by atoms with van der Waals surface area (Å²) in [5, 5.41) is 4.11. The van der Waals surface area contributed by atoms with E-state index in [9.17, 15) is 4.79 Å². The van der Waals surface area contributed by atoms with E-state index in [0.29, 0.717) is 23.7 Å². The molecule has 0 amide bonds. The maximum Gasteiger partial charge on any atom is 0.358 e. The molecule has 0 saturated heterocycles. The Kier molecular flexibility index (Phi) is 3.89. The first-order valence-electron chi connectivity index (χ1n) is 6.55. The van der Waals surface area contributed by atoms with Crippen molar-refractivity contribution in [3.05, 3.63) is 11.4 Å². The van der Waals surface area contributed by atoms with Crippen LogP contribution >= 0.6 is 0 Å². The Morgan fingerprint density at radius 2 is 2.17 bits per heavy atom. The fourth-order valence-corrected chi connectivity index (χ4v) is 2.60. The molecule has 1 aromatic heterocycles. The van der Waals surface area contributed by atoms with Gasteiger partial charge in [-0.2, -0.15) is 5.10 Å². The van der Waals surface area contributed by atoms with Crippen LogP contribution in [0, 0.1) is 12.8 Å². The molecule has 1 saturated carbocycles. The SMILES string of the molecule is Cc1nn(C)c(C(=O)OCCC2CCCC2)c1N. The number of aryl methyl sites for hydroxylation is 2. The lowest BCUT2D eigenvalue weighted by Gasteiger charge is -2.09. The summed E-state index contributed by atoms with van der Waals surface area (Å²) >= 11 is 0. The zero-order chi connectivity index (χ0) is 13.1. The van der Waals surface area contributed by atoms with E-state index in [0.717, 1.165) is 12.3 Å². The third-order valence-corrected chi connectivity index (χ3v) is 3.70. The topological polar surface area (TPSA) is 70.1 Å². The number of hydrogen-bond acceptors (Lipinski definition) is 4. The van der Waals surface area contributed by atoms with Gasteiger partial charge in [0, 0.05) is 7.05 Å². The average Bonchev–Trinajstić information content (AvgIpc) is 2.89. The Morgan fingerprint density at radius 1 is 1.50 bits per heavy atom. The van der Waals surface area contributed by atoms with Crippen LogP contribution in [0.25, 0.3) is 0 Å². The van der Waals surface area contributed by atoms with Gasteiger partial charge in [0.1, 0.15) is 0 Å². The zero-order valence-corrected chi connectivity index (χ0v) is 11.1. The molecule has 1 heterocycles. The van der Waals surface area contributed by atoms with Crippen molar-refractivity contribution in [3.63, 3.8) is 0 Å². The number of nitrogen functional groups attached to an aromatic ring is 1. The Balaban J connectivity index is 1.87. The van der Waals surface area contributed by atoms with E-state index in [1.165, 1.54) is 30.4 Å². The number of carbonyl (C=O) groups is 1. The first kappa shape index (κ1) is 12.9. The van der Waals surface area contributed by atoms with Crippen molar-refractivity contribution >= 4 is 11.7 Å². The highest BCUT2D eigenvalue weighted by molar-refractivity contribution is 5.93. The van der Waals surface area contributed by atoms with Crippen molar-refractivity contribution in [1.82, 2.24) is 9.78 Å². The quantitative estimate of drug-likeness (QED) is 0.831. The molecule has 2 rings (SSSR count). The molecule has 5 nitrogen and oxygen atoms in total. The van der Waals surface area contributed by atoms with Gasteiger partial charge in [-0.15, -0.1) is 0 Å². The summed E-state index contributed by atoms with van der Waals surface area (Å²) in [5.74, 6) is 0.358. The van der Waals surface area contributed by atoms with Gasteiger partial charge in [0.15, 0.2) is 5.69 Å². The van der Waals surface area contributed by atoms with Crippen molar-refractivity contribution in [2.24, 2.45) is 13.0 Å². The molecule has 0 atom stereocenters. The smallest absolute Gasteiger partial charge is 0.358 e. The Hall–Kier alpha value is -1.52. The molecule has 0 aliphatic heterocycles. The van der Waals surface area contributed by atoms with E-state index < -0.39 is 0 Å². The number of hydrogen-bond donors (Lipinski definition) is 1. The molecular formula is C13H21N3O2. The van der Waals surface area contributed by atoms with Crippen molar-refractivity contribution in [2.45, 2.75) is 39.0 Å². The lowest BCUT2D eigenvalue weighted by Crippen LogP contribution is -2.14. The summed E-state index contributed by atoms with van der Waals surface area (Å²) in [6.45, 7) is 2.26. The van der Waals surface area contributed by atoms with Gasteiger partial charge in [0.05, 0.1) is 18.0 Å². The molecule has 5 heteroatoms. The summed E-state index contributed by atoms with van der Waals surface area (Å²) < 4.78 is 6.77. The van der Waals surface area contributed by atoms with Crippen LogP contribution in [0.2, 0.25) is 0 Å². The van der Waals surface area contributed by atoms with Crippen LogP contribution in [0.3, 0.4) is 0 Å². The van der Waals surface area contributed by atoms with Gasteiger partial charge < -0.3 is 10.5 Å². The highest BCUT2D eigenvalue weighted by atomic mass is 16.5. The summed E-state index contributed by atoms with van der Waals surface area (Å²) in [6.07, 6.45) is 6.12. The standard InChI is InChI=1S/C13H21N3O2/c1-9-11(14)12(16(2)15-9)13(17)18-8-7-10-5-3-4-6-10/h10H,3-8,14H2,1-2H3. The average molecular weight is 251 g/mol. The molecule has 2 N–H and O–H groups in total. The lowest BCUT2D eigenvalue weighted by atomic mass is 10.1. The Labute approximate surface area is 107 Å². The van der Waals surface area contributed by atoms with Crippen LogP contribution in [0.1, 0.15) is 48.3 Å². The van der Waals surface area contributed by atoms with Crippen LogP contribution in [0.15, 0.2) is 0 Å². The summed E-state index contributed by atoms with van der Waals surface area (Å²) in [4.78, 5) is 11.9. The van der Waals surface area contributed by atoms with Crippen LogP contribution in [0.4, 0.5) is 5.69 Å². The minimum absolute atomic E-state index is 0.360. The molecule has 0 unspecified atom stereocenters. The second-order valence-corrected chi connectivity index (χ2v) is 5.05. The highest BCUT2D eigenvalue weighted by Crippen LogP contribution is 2.27. The van der Waals surface area contributed by atoms with E-state index in [2.05, 4.69) is 5.10 Å². The Morgan fingerprint density at radius 3 is 2.72 bits per heavy atom. The minimum atomic E-state index is -0.367. The fourth-order valence-electron chi connectivity index (χ4n) is 2.60. The number of ether oxygens (including phenoxy) is 1. The van der Waals surface area contributed by atoms with Crippen molar-refractivity contribution < 1.29 is 9.53 Å². The fraction of sp³-hybridized carbons (Fsp3) is 0.692. The predicted octanol–water partition coefficient (Wildman–Crippen LogP) is 2.05. The molecular weight excluding hydrogens is 230 g/mol.